The third-order valence-electron chi connectivity index (χ3n) is 4.39. The van der Waals surface area contributed by atoms with Crippen LogP contribution in [-0.4, -0.2) is 14.8 Å². The molecule has 0 bridgehead atoms. The van der Waals surface area contributed by atoms with Crippen LogP contribution in [0.5, 0.6) is 0 Å². The Labute approximate surface area is 132 Å². The lowest BCUT2D eigenvalue weighted by molar-refractivity contribution is 0.636. The van der Waals surface area contributed by atoms with Crippen LogP contribution in [0.15, 0.2) is 40.6 Å². The highest BCUT2D eigenvalue weighted by atomic mass is 32.1. The second kappa shape index (κ2) is 5.65. The molecule has 1 aliphatic rings. The van der Waals surface area contributed by atoms with Gasteiger partial charge in [-0.2, -0.15) is 5.10 Å². The maximum atomic E-state index is 12.5. The minimum absolute atomic E-state index is 0.0456. The van der Waals surface area contributed by atoms with Gasteiger partial charge in [0.15, 0.2) is 0 Å². The van der Waals surface area contributed by atoms with E-state index in [2.05, 4.69) is 10.5 Å². The van der Waals surface area contributed by atoms with Crippen LogP contribution in [0.1, 0.15) is 42.3 Å². The SMILES string of the molecule is O=c1c2ccccc2cnn1Cc1nc(C2CCCC2)cs1. The third kappa shape index (κ3) is 2.46. The first kappa shape index (κ1) is 13.6. The monoisotopic (exact) mass is 311 g/mol. The predicted octanol–water partition coefficient (Wildman–Crippen LogP) is 3.56. The Morgan fingerprint density at radius 3 is 2.91 bits per heavy atom. The van der Waals surface area contributed by atoms with Crippen molar-refractivity contribution in [3.05, 3.63) is 56.9 Å². The molecule has 1 aliphatic carbocycles. The summed E-state index contributed by atoms with van der Waals surface area (Å²) in [4.78, 5) is 17.2. The molecule has 0 saturated heterocycles. The highest BCUT2D eigenvalue weighted by Crippen LogP contribution is 2.34. The van der Waals surface area contributed by atoms with E-state index in [1.165, 1.54) is 36.1 Å². The molecule has 1 saturated carbocycles. The normalized spacial score (nSPS) is 15.6. The second-order valence-corrected chi connectivity index (χ2v) is 6.78. The van der Waals surface area contributed by atoms with Crippen molar-refractivity contribution in [2.45, 2.75) is 38.1 Å². The van der Waals surface area contributed by atoms with Crippen molar-refractivity contribution in [2.75, 3.05) is 0 Å². The molecule has 22 heavy (non-hydrogen) atoms. The summed E-state index contributed by atoms with van der Waals surface area (Å²) in [6.45, 7) is 0.459. The summed E-state index contributed by atoms with van der Waals surface area (Å²) in [6.07, 6.45) is 6.86. The van der Waals surface area contributed by atoms with E-state index in [0.29, 0.717) is 17.8 Å². The van der Waals surface area contributed by atoms with E-state index in [4.69, 9.17) is 4.98 Å². The first-order valence-corrected chi connectivity index (χ1v) is 8.58. The highest BCUT2D eigenvalue weighted by Gasteiger charge is 2.19. The van der Waals surface area contributed by atoms with Gasteiger partial charge in [-0.1, -0.05) is 31.0 Å². The number of nitrogens with zero attached hydrogens (tertiary/aromatic N) is 3. The largest absolute Gasteiger partial charge is 0.275 e. The van der Waals surface area contributed by atoms with E-state index < -0.39 is 0 Å². The number of benzene rings is 1. The molecule has 112 valence electrons. The van der Waals surface area contributed by atoms with Gasteiger partial charge >= 0.3 is 0 Å². The highest BCUT2D eigenvalue weighted by molar-refractivity contribution is 7.09. The molecular formula is C17H17N3OS. The molecule has 0 unspecified atom stereocenters. The molecule has 0 amide bonds. The number of aromatic nitrogens is 3. The average molecular weight is 311 g/mol. The van der Waals surface area contributed by atoms with Crippen molar-refractivity contribution in [3.8, 4) is 0 Å². The number of rotatable bonds is 3. The van der Waals surface area contributed by atoms with Crippen molar-refractivity contribution >= 4 is 22.1 Å². The van der Waals surface area contributed by atoms with Crippen LogP contribution in [0.2, 0.25) is 0 Å². The molecule has 4 rings (SSSR count). The number of hydrogen-bond donors (Lipinski definition) is 0. The Morgan fingerprint density at radius 2 is 2.05 bits per heavy atom. The summed E-state index contributed by atoms with van der Waals surface area (Å²) < 4.78 is 1.51. The van der Waals surface area contributed by atoms with Crippen molar-refractivity contribution in [2.24, 2.45) is 0 Å². The molecule has 5 heteroatoms. The lowest BCUT2D eigenvalue weighted by Crippen LogP contribution is -2.23. The van der Waals surface area contributed by atoms with Crippen molar-refractivity contribution in [1.29, 1.82) is 0 Å². The van der Waals surface area contributed by atoms with Gasteiger partial charge in [-0.05, 0) is 18.9 Å². The minimum atomic E-state index is -0.0456. The second-order valence-electron chi connectivity index (χ2n) is 5.84. The molecule has 0 radical (unpaired) electrons. The Kier molecular flexibility index (Phi) is 3.50. The van der Waals surface area contributed by atoms with Gasteiger partial charge in [0.25, 0.3) is 5.56 Å². The number of hydrogen-bond acceptors (Lipinski definition) is 4. The molecule has 1 aromatic carbocycles. The van der Waals surface area contributed by atoms with Crippen LogP contribution >= 0.6 is 11.3 Å². The fourth-order valence-electron chi connectivity index (χ4n) is 3.18. The molecule has 3 aromatic rings. The van der Waals surface area contributed by atoms with Gasteiger partial charge in [0, 0.05) is 16.7 Å². The van der Waals surface area contributed by atoms with Crippen molar-refractivity contribution in [3.63, 3.8) is 0 Å². The molecule has 0 atom stereocenters. The first-order valence-electron chi connectivity index (χ1n) is 7.70. The molecule has 2 heterocycles. The molecular weight excluding hydrogens is 294 g/mol. The van der Waals surface area contributed by atoms with Crippen LogP contribution in [-0.2, 0) is 6.54 Å². The maximum Gasteiger partial charge on any atom is 0.275 e. The van der Waals surface area contributed by atoms with Gasteiger partial charge in [0.05, 0.1) is 23.8 Å². The standard InChI is InChI=1S/C17H17N3OS/c21-17-14-8-4-3-7-13(14)9-18-20(17)10-16-19-15(11-22-16)12-5-1-2-6-12/h3-4,7-9,11-12H,1-2,5-6,10H2. The molecule has 0 aliphatic heterocycles. The van der Waals surface area contributed by atoms with E-state index in [-0.39, 0.29) is 5.56 Å². The summed E-state index contributed by atoms with van der Waals surface area (Å²) in [5.74, 6) is 0.617. The fourth-order valence-corrected chi connectivity index (χ4v) is 4.03. The maximum absolute atomic E-state index is 12.5. The summed E-state index contributed by atoms with van der Waals surface area (Å²) in [6, 6.07) is 7.56. The quantitative estimate of drug-likeness (QED) is 0.743. The summed E-state index contributed by atoms with van der Waals surface area (Å²) in [5, 5.41) is 8.99. The van der Waals surface area contributed by atoms with Gasteiger partial charge in [-0.3, -0.25) is 4.79 Å². The van der Waals surface area contributed by atoms with E-state index in [9.17, 15) is 4.79 Å². The zero-order chi connectivity index (χ0) is 14.9. The van der Waals surface area contributed by atoms with E-state index >= 15 is 0 Å². The summed E-state index contributed by atoms with van der Waals surface area (Å²) in [5.41, 5.74) is 1.15. The van der Waals surface area contributed by atoms with Crippen LogP contribution < -0.4 is 5.56 Å². The average Bonchev–Trinajstić information content (AvgIpc) is 3.21. The lowest BCUT2D eigenvalue weighted by atomic mass is 10.1. The molecule has 2 aromatic heterocycles. The Balaban J connectivity index is 1.63. The predicted molar refractivity (Wildman–Crippen MR) is 88.4 cm³/mol. The topological polar surface area (TPSA) is 47.8 Å². The van der Waals surface area contributed by atoms with Gasteiger partial charge in [0.2, 0.25) is 0 Å². The van der Waals surface area contributed by atoms with Crippen LogP contribution in [0.25, 0.3) is 10.8 Å². The third-order valence-corrected chi connectivity index (χ3v) is 5.24. The molecule has 0 spiro atoms. The zero-order valence-electron chi connectivity index (χ0n) is 12.2. The van der Waals surface area contributed by atoms with E-state index in [1.807, 2.05) is 24.3 Å². The van der Waals surface area contributed by atoms with Gasteiger partial charge in [-0.25, -0.2) is 9.67 Å². The van der Waals surface area contributed by atoms with Crippen molar-refractivity contribution < 1.29 is 0 Å². The fraction of sp³-hybridized carbons (Fsp3) is 0.353. The van der Waals surface area contributed by atoms with Crippen LogP contribution in [0, 0.1) is 0 Å². The minimum Gasteiger partial charge on any atom is -0.267 e. The van der Waals surface area contributed by atoms with Crippen LogP contribution in [0.3, 0.4) is 0 Å². The Bertz CT molecular complexity index is 861. The van der Waals surface area contributed by atoms with Gasteiger partial charge in [-0.15, -0.1) is 11.3 Å². The smallest absolute Gasteiger partial charge is 0.267 e. The molecule has 0 N–H and O–H groups in total. The van der Waals surface area contributed by atoms with Crippen LogP contribution in [0.4, 0.5) is 0 Å². The van der Waals surface area contributed by atoms with E-state index in [1.54, 1.807) is 17.5 Å². The zero-order valence-corrected chi connectivity index (χ0v) is 13.1. The van der Waals surface area contributed by atoms with Gasteiger partial charge in [0.1, 0.15) is 5.01 Å². The summed E-state index contributed by atoms with van der Waals surface area (Å²) in [7, 11) is 0. The lowest BCUT2D eigenvalue weighted by Gasteiger charge is -2.05. The number of thiazole rings is 1. The molecule has 1 fully saturated rings. The molecule has 4 nitrogen and oxygen atoms in total. The van der Waals surface area contributed by atoms with E-state index in [0.717, 1.165) is 10.4 Å². The number of fused-ring (bicyclic) bond motifs is 1. The van der Waals surface area contributed by atoms with Gasteiger partial charge < -0.3 is 0 Å². The Hall–Kier alpha value is -2.01. The summed E-state index contributed by atoms with van der Waals surface area (Å²) >= 11 is 1.63. The first-order chi connectivity index (χ1) is 10.8. The Morgan fingerprint density at radius 1 is 1.23 bits per heavy atom. The van der Waals surface area contributed by atoms with Crippen molar-refractivity contribution in [1.82, 2.24) is 14.8 Å².